The highest BCUT2D eigenvalue weighted by molar-refractivity contribution is 5.90. The molecule has 2 rings (SSSR count). The molecule has 1 aromatic carbocycles. The Hall–Kier alpha value is -1.92. The number of benzene rings is 1. The summed E-state index contributed by atoms with van der Waals surface area (Å²) in [6, 6.07) is 5.36. The summed E-state index contributed by atoms with van der Waals surface area (Å²) in [5.74, 6) is 0.778. The molecule has 0 fully saturated rings. The Labute approximate surface area is 117 Å². The lowest BCUT2D eigenvalue weighted by molar-refractivity contribution is 0.268. The molecule has 6 nitrogen and oxygen atoms in total. The number of aromatic nitrogens is 2. The molecule has 6 heteroatoms. The Morgan fingerprint density at radius 2 is 2.10 bits per heavy atom. The second kappa shape index (κ2) is 6.49. The monoisotopic (exact) mass is 276 g/mol. The van der Waals surface area contributed by atoms with Crippen molar-refractivity contribution < 1.29 is 10.2 Å². The van der Waals surface area contributed by atoms with Gasteiger partial charge in [-0.05, 0) is 24.1 Å². The van der Waals surface area contributed by atoms with Gasteiger partial charge in [0.2, 0.25) is 5.95 Å². The van der Waals surface area contributed by atoms with Gasteiger partial charge in [0.15, 0.2) is 0 Å². The normalized spacial score (nSPS) is 12.6. The molecule has 1 unspecified atom stereocenters. The fourth-order valence-corrected chi connectivity index (χ4v) is 2.15. The molecule has 0 aliphatic carbocycles. The van der Waals surface area contributed by atoms with Gasteiger partial charge in [0, 0.05) is 5.39 Å². The number of nitrogen functional groups attached to an aromatic ring is 1. The highest BCUT2D eigenvalue weighted by Crippen LogP contribution is 2.23. The third-order valence-corrected chi connectivity index (χ3v) is 3.16. The Morgan fingerprint density at radius 1 is 1.30 bits per heavy atom. The van der Waals surface area contributed by atoms with Gasteiger partial charge in [-0.2, -0.15) is 4.98 Å². The lowest BCUT2D eigenvalue weighted by atomic mass is 10.1. The summed E-state index contributed by atoms with van der Waals surface area (Å²) in [5, 5.41) is 22.6. The van der Waals surface area contributed by atoms with E-state index in [0.29, 0.717) is 11.3 Å². The van der Waals surface area contributed by atoms with E-state index in [0.717, 1.165) is 23.8 Å². The first kappa shape index (κ1) is 14.5. The molecule has 0 saturated heterocycles. The van der Waals surface area contributed by atoms with Crippen molar-refractivity contribution in [3.8, 4) is 0 Å². The summed E-state index contributed by atoms with van der Waals surface area (Å²) in [6.45, 7) is 2.04. The number of nitrogens with one attached hydrogen (secondary N) is 1. The summed E-state index contributed by atoms with van der Waals surface area (Å²) >= 11 is 0. The van der Waals surface area contributed by atoms with Crippen LogP contribution in [0, 0.1) is 0 Å². The van der Waals surface area contributed by atoms with Crippen LogP contribution >= 0.6 is 0 Å². The van der Waals surface area contributed by atoms with Crippen LogP contribution in [0.4, 0.5) is 11.8 Å². The van der Waals surface area contributed by atoms with Gasteiger partial charge >= 0.3 is 0 Å². The highest BCUT2D eigenvalue weighted by Gasteiger charge is 2.12. The summed E-state index contributed by atoms with van der Waals surface area (Å²) in [5.41, 5.74) is 7.21. The van der Waals surface area contributed by atoms with Crippen molar-refractivity contribution in [2.75, 3.05) is 17.7 Å². The summed E-state index contributed by atoms with van der Waals surface area (Å²) in [4.78, 5) is 8.38. The average molecular weight is 276 g/mol. The van der Waals surface area contributed by atoms with E-state index in [1.807, 2.05) is 6.07 Å². The maximum absolute atomic E-state index is 9.38. The van der Waals surface area contributed by atoms with E-state index in [-0.39, 0.29) is 25.2 Å². The number of aliphatic hydroxyl groups excluding tert-OH is 2. The predicted octanol–water partition coefficient (Wildman–Crippen LogP) is 1.28. The topological polar surface area (TPSA) is 104 Å². The second-order valence-corrected chi connectivity index (χ2v) is 4.75. The van der Waals surface area contributed by atoms with E-state index in [4.69, 9.17) is 5.73 Å². The Morgan fingerprint density at radius 3 is 2.75 bits per heavy atom. The van der Waals surface area contributed by atoms with Crippen molar-refractivity contribution in [2.24, 2.45) is 0 Å². The molecule has 1 aromatic heterocycles. The lowest BCUT2D eigenvalue weighted by Gasteiger charge is -2.17. The lowest BCUT2D eigenvalue weighted by Crippen LogP contribution is -2.24. The second-order valence-electron chi connectivity index (χ2n) is 4.75. The van der Waals surface area contributed by atoms with Gasteiger partial charge in [-0.3, -0.25) is 0 Å². The van der Waals surface area contributed by atoms with E-state index in [9.17, 15) is 10.2 Å². The molecule has 20 heavy (non-hydrogen) atoms. The fourth-order valence-electron chi connectivity index (χ4n) is 2.15. The largest absolute Gasteiger partial charge is 0.394 e. The molecule has 0 aliphatic heterocycles. The van der Waals surface area contributed by atoms with Gasteiger partial charge in [-0.25, -0.2) is 4.98 Å². The molecule has 0 aliphatic rings. The number of hydrogen-bond acceptors (Lipinski definition) is 6. The van der Waals surface area contributed by atoms with Gasteiger partial charge in [-0.15, -0.1) is 0 Å². The van der Waals surface area contributed by atoms with Gasteiger partial charge in [-0.1, -0.05) is 19.4 Å². The molecule has 2 aromatic rings. The number of nitrogens with zero attached hydrogens (tertiary/aromatic N) is 2. The minimum Gasteiger partial charge on any atom is -0.394 e. The maximum atomic E-state index is 9.38. The average Bonchev–Trinajstić information content (AvgIpc) is 2.46. The minimum absolute atomic E-state index is 0.0267. The maximum Gasteiger partial charge on any atom is 0.222 e. The van der Waals surface area contributed by atoms with Crippen LogP contribution < -0.4 is 11.1 Å². The molecule has 0 amide bonds. The predicted molar refractivity (Wildman–Crippen MR) is 79.3 cm³/mol. The number of anilines is 2. The van der Waals surface area contributed by atoms with Crippen molar-refractivity contribution in [3.05, 3.63) is 23.8 Å². The molecular weight excluding hydrogens is 256 g/mol. The van der Waals surface area contributed by atoms with E-state index < -0.39 is 0 Å². The first-order valence-electron chi connectivity index (χ1n) is 6.72. The number of nitrogens with two attached hydrogens (primary N) is 1. The first-order valence-corrected chi connectivity index (χ1v) is 6.72. The molecule has 0 saturated carbocycles. The van der Waals surface area contributed by atoms with Crippen molar-refractivity contribution in [3.63, 3.8) is 0 Å². The minimum atomic E-state index is -0.0738. The van der Waals surface area contributed by atoms with Crippen LogP contribution in [0.15, 0.2) is 18.2 Å². The molecule has 1 heterocycles. The first-order chi connectivity index (χ1) is 9.67. The molecule has 0 radical (unpaired) electrons. The zero-order valence-electron chi connectivity index (χ0n) is 11.5. The van der Waals surface area contributed by atoms with E-state index in [1.54, 1.807) is 12.1 Å². The van der Waals surface area contributed by atoms with Crippen LogP contribution in [0.3, 0.4) is 0 Å². The van der Waals surface area contributed by atoms with Crippen molar-refractivity contribution in [1.82, 2.24) is 9.97 Å². The zero-order chi connectivity index (χ0) is 14.5. The smallest absolute Gasteiger partial charge is 0.222 e. The van der Waals surface area contributed by atoms with Crippen molar-refractivity contribution in [1.29, 1.82) is 0 Å². The highest BCUT2D eigenvalue weighted by atomic mass is 16.3. The zero-order valence-corrected chi connectivity index (χ0v) is 11.5. The third kappa shape index (κ3) is 3.15. The SMILES string of the molecule is CCCC(CO)Nc1nc(N)nc2ccc(CO)cc12. The van der Waals surface area contributed by atoms with E-state index >= 15 is 0 Å². The Kier molecular flexibility index (Phi) is 4.70. The molecule has 108 valence electrons. The Bertz CT molecular complexity index is 589. The molecule has 0 bridgehead atoms. The summed E-state index contributed by atoms with van der Waals surface area (Å²) in [7, 11) is 0. The van der Waals surface area contributed by atoms with Gasteiger partial charge < -0.3 is 21.3 Å². The van der Waals surface area contributed by atoms with Crippen LogP contribution in [-0.4, -0.2) is 32.8 Å². The quantitative estimate of drug-likeness (QED) is 0.633. The van der Waals surface area contributed by atoms with Crippen LogP contribution in [0.2, 0.25) is 0 Å². The third-order valence-electron chi connectivity index (χ3n) is 3.16. The number of hydrogen-bond donors (Lipinski definition) is 4. The van der Waals surface area contributed by atoms with E-state index in [1.165, 1.54) is 0 Å². The standard InChI is InChI=1S/C14H20N4O2/c1-2-3-10(8-20)16-13-11-6-9(7-19)4-5-12(11)17-14(15)18-13/h4-6,10,19-20H,2-3,7-8H2,1H3,(H3,15,16,17,18). The number of aliphatic hydroxyl groups is 2. The fraction of sp³-hybridized carbons (Fsp3) is 0.429. The van der Waals surface area contributed by atoms with Crippen LogP contribution in [-0.2, 0) is 6.61 Å². The van der Waals surface area contributed by atoms with Gasteiger partial charge in [0.05, 0.1) is 24.8 Å². The molecule has 0 spiro atoms. The van der Waals surface area contributed by atoms with Crippen molar-refractivity contribution in [2.45, 2.75) is 32.4 Å². The van der Waals surface area contributed by atoms with Crippen LogP contribution in [0.1, 0.15) is 25.3 Å². The van der Waals surface area contributed by atoms with Crippen LogP contribution in [0.5, 0.6) is 0 Å². The van der Waals surface area contributed by atoms with Crippen molar-refractivity contribution >= 4 is 22.7 Å². The number of rotatable bonds is 6. The van der Waals surface area contributed by atoms with E-state index in [2.05, 4.69) is 22.2 Å². The molecule has 5 N–H and O–H groups in total. The summed E-state index contributed by atoms with van der Waals surface area (Å²) < 4.78 is 0. The summed E-state index contributed by atoms with van der Waals surface area (Å²) in [6.07, 6.45) is 1.79. The van der Waals surface area contributed by atoms with Gasteiger partial charge in [0.25, 0.3) is 0 Å². The van der Waals surface area contributed by atoms with Gasteiger partial charge in [0.1, 0.15) is 5.82 Å². The number of fused-ring (bicyclic) bond motifs is 1. The Balaban J connectivity index is 2.44. The van der Waals surface area contributed by atoms with Crippen LogP contribution in [0.25, 0.3) is 10.9 Å². The molecule has 1 atom stereocenters. The molecular formula is C14H20N4O2.